The molecule has 2 atom stereocenters. The predicted molar refractivity (Wildman–Crippen MR) is 129 cm³/mol. The summed E-state index contributed by atoms with van der Waals surface area (Å²) in [4.78, 5) is 8.52. The summed E-state index contributed by atoms with van der Waals surface area (Å²) in [6.07, 6.45) is 5.11. The zero-order chi connectivity index (χ0) is 23.9. The fraction of sp³-hybridized carbons (Fsp3) is 0.462. The minimum absolute atomic E-state index is 0.0974. The van der Waals surface area contributed by atoms with Crippen LogP contribution in [0.3, 0.4) is 0 Å². The molecule has 2 N–H and O–H groups in total. The molecule has 0 amide bonds. The van der Waals surface area contributed by atoms with Crippen LogP contribution in [0.4, 0.5) is 0 Å². The number of fused-ring (bicyclic) bond motifs is 2. The highest BCUT2D eigenvalue weighted by Crippen LogP contribution is 2.35. The Morgan fingerprint density at radius 2 is 1.80 bits per heavy atom. The summed E-state index contributed by atoms with van der Waals surface area (Å²) in [7, 11) is 0. The molecule has 35 heavy (non-hydrogen) atoms. The average Bonchev–Trinajstić information content (AvgIpc) is 3.71. The molecule has 0 radical (unpaired) electrons. The van der Waals surface area contributed by atoms with Gasteiger partial charge in [-0.05, 0) is 43.0 Å². The van der Waals surface area contributed by atoms with Gasteiger partial charge in [0.25, 0.3) is 0 Å². The fourth-order valence-corrected chi connectivity index (χ4v) is 3.71. The Morgan fingerprint density at radius 1 is 0.971 bits per heavy atom. The van der Waals surface area contributed by atoms with Crippen LogP contribution >= 0.6 is 0 Å². The Labute approximate surface area is 204 Å². The molecule has 186 valence electrons. The van der Waals surface area contributed by atoms with Gasteiger partial charge in [0.2, 0.25) is 0 Å². The molecule has 1 aliphatic heterocycles. The van der Waals surface area contributed by atoms with Crippen LogP contribution < -0.4 is 24.3 Å². The molecule has 9 heteroatoms. The molecule has 5 rings (SSSR count). The lowest BCUT2D eigenvalue weighted by atomic mass is 10.2. The van der Waals surface area contributed by atoms with E-state index in [9.17, 15) is 5.11 Å². The summed E-state index contributed by atoms with van der Waals surface area (Å²) >= 11 is 0. The second-order valence-corrected chi connectivity index (χ2v) is 8.86. The van der Waals surface area contributed by atoms with Gasteiger partial charge in [-0.3, -0.25) is 9.97 Å². The molecule has 1 fully saturated rings. The molecule has 2 heterocycles. The first-order chi connectivity index (χ1) is 17.2. The zero-order valence-electron chi connectivity index (χ0n) is 19.6. The van der Waals surface area contributed by atoms with Crippen LogP contribution in [0.1, 0.15) is 12.8 Å². The zero-order valence-corrected chi connectivity index (χ0v) is 19.6. The summed E-state index contributed by atoms with van der Waals surface area (Å²) in [6.45, 7) is 3.40. The van der Waals surface area contributed by atoms with Crippen molar-refractivity contribution in [2.45, 2.75) is 25.0 Å². The number of aliphatic hydroxyl groups excluding tert-OH is 1. The second kappa shape index (κ2) is 11.5. The molecule has 9 nitrogen and oxygen atoms in total. The van der Waals surface area contributed by atoms with Crippen LogP contribution in [0.5, 0.6) is 23.0 Å². The topological polar surface area (TPSA) is 104 Å². The van der Waals surface area contributed by atoms with Gasteiger partial charge in [0.1, 0.15) is 37.4 Å². The molecule has 0 bridgehead atoms. The van der Waals surface area contributed by atoms with E-state index in [1.807, 2.05) is 30.3 Å². The van der Waals surface area contributed by atoms with E-state index in [1.165, 1.54) is 12.8 Å². The third-order valence-electron chi connectivity index (χ3n) is 5.80. The summed E-state index contributed by atoms with van der Waals surface area (Å²) in [5.74, 6) is 3.42. The second-order valence-electron chi connectivity index (χ2n) is 8.86. The molecule has 2 aliphatic rings. The lowest BCUT2D eigenvalue weighted by molar-refractivity contribution is 0.00551. The van der Waals surface area contributed by atoms with E-state index in [-0.39, 0.29) is 12.7 Å². The average molecular weight is 482 g/mol. The molecule has 3 aromatic rings. The Hall–Kier alpha value is -3.14. The lowest BCUT2D eigenvalue weighted by Crippen LogP contribution is -2.34. The number of nitrogens with zero attached hydrogens (tertiary/aromatic N) is 2. The highest BCUT2D eigenvalue weighted by atomic mass is 16.6. The first-order valence-electron chi connectivity index (χ1n) is 12.1. The summed E-state index contributed by atoms with van der Waals surface area (Å²) < 4.78 is 29.0. The van der Waals surface area contributed by atoms with Gasteiger partial charge in [-0.25, -0.2) is 0 Å². The van der Waals surface area contributed by atoms with Crippen LogP contribution in [0.2, 0.25) is 0 Å². The van der Waals surface area contributed by atoms with Gasteiger partial charge in [0, 0.05) is 44.2 Å². The maximum atomic E-state index is 10.2. The number of hydrogen-bond donors (Lipinski definition) is 2. The summed E-state index contributed by atoms with van der Waals surface area (Å²) in [5.41, 5.74) is 1.62. The van der Waals surface area contributed by atoms with Gasteiger partial charge in [0.05, 0.1) is 17.6 Å². The first-order valence-corrected chi connectivity index (χ1v) is 12.1. The van der Waals surface area contributed by atoms with E-state index in [4.69, 9.17) is 23.7 Å². The quantitative estimate of drug-likeness (QED) is 0.357. The maximum Gasteiger partial charge on any atom is 0.165 e. The number of aliphatic hydroxyl groups is 1. The molecule has 2 aromatic carbocycles. The highest BCUT2D eigenvalue weighted by Gasteiger charge is 2.25. The van der Waals surface area contributed by atoms with Crippen molar-refractivity contribution < 1.29 is 28.8 Å². The molecule has 0 saturated heterocycles. The van der Waals surface area contributed by atoms with Crippen molar-refractivity contribution in [1.82, 2.24) is 15.3 Å². The lowest BCUT2D eigenvalue weighted by Gasteiger charge is -2.26. The highest BCUT2D eigenvalue weighted by molar-refractivity contribution is 5.75. The Bertz CT molecular complexity index is 1110. The Morgan fingerprint density at radius 3 is 2.69 bits per heavy atom. The molecule has 1 aromatic heterocycles. The monoisotopic (exact) mass is 481 g/mol. The Kier molecular flexibility index (Phi) is 7.77. The van der Waals surface area contributed by atoms with E-state index in [0.717, 1.165) is 29.3 Å². The van der Waals surface area contributed by atoms with E-state index >= 15 is 0 Å². The molecule has 1 saturated carbocycles. The normalized spacial score (nSPS) is 17.8. The minimum Gasteiger partial charge on any atom is -0.492 e. The fourth-order valence-electron chi connectivity index (χ4n) is 3.71. The van der Waals surface area contributed by atoms with Crippen LogP contribution in [0.25, 0.3) is 11.0 Å². The van der Waals surface area contributed by atoms with Gasteiger partial charge < -0.3 is 34.1 Å². The van der Waals surface area contributed by atoms with Crippen LogP contribution in [-0.4, -0.2) is 73.4 Å². The van der Waals surface area contributed by atoms with Gasteiger partial charge in [-0.15, -0.1) is 0 Å². The SMILES string of the molecule is O[C@@H](CNCCOc1ccc2nccnc2c1)COc1ccc2c(c1)OC[C@@H](COCC1CC1)O2. The van der Waals surface area contributed by atoms with Gasteiger partial charge in [0.15, 0.2) is 17.6 Å². The van der Waals surface area contributed by atoms with Crippen molar-refractivity contribution in [2.24, 2.45) is 5.92 Å². The van der Waals surface area contributed by atoms with E-state index in [1.54, 1.807) is 18.5 Å². The predicted octanol–water partition coefficient (Wildman–Crippen LogP) is 2.60. The Balaban J connectivity index is 0.972. The third-order valence-corrected chi connectivity index (χ3v) is 5.80. The van der Waals surface area contributed by atoms with Gasteiger partial charge in [-0.2, -0.15) is 0 Å². The number of ether oxygens (including phenoxy) is 5. The van der Waals surface area contributed by atoms with Crippen LogP contribution in [0.15, 0.2) is 48.8 Å². The molecule has 1 aliphatic carbocycles. The first kappa shape index (κ1) is 23.6. The number of rotatable bonds is 13. The maximum absolute atomic E-state index is 10.2. The van der Waals surface area contributed by atoms with Gasteiger partial charge >= 0.3 is 0 Å². The smallest absolute Gasteiger partial charge is 0.165 e. The van der Waals surface area contributed by atoms with Crippen LogP contribution in [0, 0.1) is 5.92 Å². The van der Waals surface area contributed by atoms with Crippen molar-refractivity contribution in [3.8, 4) is 23.0 Å². The third kappa shape index (κ3) is 6.94. The van der Waals surface area contributed by atoms with Crippen molar-refractivity contribution in [3.63, 3.8) is 0 Å². The molecule has 0 spiro atoms. The number of aromatic nitrogens is 2. The number of hydrogen-bond acceptors (Lipinski definition) is 9. The summed E-state index contributed by atoms with van der Waals surface area (Å²) in [5, 5.41) is 13.4. The van der Waals surface area contributed by atoms with Crippen molar-refractivity contribution in [2.75, 3.05) is 46.1 Å². The summed E-state index contributed by atoms with van der Waals surface area (Å²) in [6, 6.07) is 11.1. The molecular weight excluding hydrogens is 450 g/mol. The van der Waals surface area contributed by atoms with E-state index < -0.39 is 6.10 Å². The standard InChI is InChI=1S/C26H31N3O6/c30-19(13-27-9-10-32-20-3-5-23-24(11-20)29-8-7-28-23)15-33-21-4-6-25-26(12-21)34-17-22(35-25)16-31-14-18-1-2-18/h3-8,11-12,18-19,22,27,30H,1-2,9-10,13-17H2/t19-,22+/m0/s1. The van der Waals surface area contributed by atoms with E-state index in [2.05, 4.69) is 15.3 Å². The minimum atomic E-state index is -0.660. The van der Waals surface area contributed by atoms with Crippen molar-refractivity contribution >= 4 is 11.0 Å². The molecule has 0 unspecified atom stereocenters. The number of benzene rings is 2. The van der Waals surface area contributed by atoms with Crippen LogP contribution in [-0.2, 0) is 4.74 Å². The van der Waals surface area contributed by atoms with E-state index in [0.29, 0.717) is 50.2 Å². The largest absolute Gasteiger partial charge is 0.492 e. The van der Waals surface area contributed by atoms with Gasteiger partial charge in [-0.1, -0.05) is 0 Å². The van der Waals surface area contributed by atoms with Crippen molar-refractivity contribution in [3.05, 3.63) is 48.8 Å². The number of nitrogens with one attached hydrogen (secondary N) is 1. The molecular formula is C26H31N3O6. The van der Waals surface area contributed by atoms with Crippen molar-refractivity contribution in [1.29, 1.82) is 0 Å².